The van der Waals surface area contributed by atoms with E-state index in [2.05, 4.69) is 104 Å². The highest BCUT2D eigenvalue weighted by Gasteiger charge is 2.20. The van der Waals surface area contributed by atoms with Gasteiger partial charge in [-0.3, -0.25) is 4.79 Å². The molecule has 0 aromatic rings. The molecule has 0 aliphatic carbocycles. The monoisotopic (exact) mass is 1030 g/mol. The van der Waals surface area contributed by atoms with Gasteiger partial charge >= 0.3 is 0 Å². The maximum atomic E-state index is 12.5. The third-order valence-corrected chi connectivity index (χ3v) is 14.9. The quantitative estimate of drug-likeness (QED) is 0.0420. The van der Waals surface area contributed by atoms with E-state index in [1.807, 2.05) is 0 Å². The fourth-order valence-electron chi connectivity index (χ4n) is 9.99. The molecule has 430 valence electrons. The molecule has 0 bridgehead atoms. The minimum Gasteiger partial charge on any atom is -0.394 e. The summed E-state index contributed by atoms with van der Waals surface area (Å²) in [6.45, 7) is 4.27. The van der Waals surface area contributed by atoms with Crippen LogP contribution < -0.4 is 5.32 Å². The number of hydrogen-bond donors (Lipinski definition) is 3. The molecule has 0 saturated carbocycles. The van der Waals surface area contributed by atoms with Gasteiger partial charge in [0.05, 0.1) is 18.8 Å². The van der Waals surface area contributed by atoms with Crippen LogP contribution >= 0.6 is 0 Å². The second-order valence-electron chi connectivity index (χ2n) is 22.2. The second-order valence-corrected chi connectivity index (χ2v) is 22.2. The molecule has 0 aliphatic heterocycles. The Balaban J connectivity index is 3.45. The van der Waals surface area contributed by atoms with Gasteiger partial charge in [-0.25, -0.2) is 0 Å². The number of carbonyl (C=O) groups excluding carboxylic acids is 1. The summed E-state index contributed by atoms with van der Waals surface area (Å²) in [5.74, 6) is -0.0280. The van der Waals surface area contributed by atoms with Gasteiger partial charge in [-0.15, -0.1) is 0 Å². The standard InChI is InChI=1S/C70H127NO3/c1-3-5-7-9-11-13-15-17-19-21-23-25-27-28-29-30-31-32-33-34-35-36-37-38-39-40-41-42-44-46-48-50-52-54-56-58-60-62-64-66-70(74)71-68(67-72)69(73)65-63-61-59-57-55-53-51-49-47-45-43-26-24-22-20-18-16-14-12-10-8-6-4-2/h5,7,11,13,17,19,23,25,28-29,31-32,34-35,68-69,72-73H,3-4,6,8-10,12,14-16,18,20-22,24,26-27,30,33,36-67H2,1-2H3,(H,71,74)/b7-5-,13-11-,19-17-,25-23-,29-28-,32-31-,35-34-. The van der Waals surface area contributed by atoms with Crippen LogP contribution in [0.15, 0.2) is 85.1 Å². The lowest BCUT2D eigenvalue weighted by molar-refractivity contribution is -0.123. The van der Waals surface area contributed by atoms with Crippen molar-refractivity contribution in [1.29, 1.82) is 0 Å². The van der Waals surface area contributed by atoms with E-state index >= 15 is 0 Å². The van der Waals surface area contributed by atoms with Crippen molar-refractivity contribution < 1.29 is 15.0 Å². The average molecular weight is 1030 g/mol. The summed E-state index contributed by atoms with van der Waals surface area (Å²) >= 11 is 0. The molecule has 3 N–H and O–H groups in total. The predicted molar refractivity (Wildman–Crippen MR) is 331 cm³/mol. The number of carbonyl (C=O) groups is 1. The van der Waals surface area contributed by atoms with Crippen LogP contribution in [0.1, 0.15) is 335 Å². The summed E-state index contributed by atoms with van der Waals surface area (Å²) in [6, 6.07) is -0.540. The van der Waals surface area contributed by atoms with Crippen LogP contribution in [0.25, 0.3) is 0 Å². The van der Waals surface area contributed by atoms with Crippen LogP contribution in [0.4, 0.5) is 0 Å². The summed E-state index contributed by atoms with van der Waals surface area (Å²) in [5.41, 5.74) is 0. The molecule has 0 aromatic carbocycles. The summed E-state index contributed by atoms with van der Waals surface area (Å²) in [6.07, 6.45) is 94.7. The molecule has 74 heavy (non-hydrogen) atoms. The van der Waals surface area contributed by atoms with Gasteiger partial charge in [0.15, 0.2) is 0 Å². The fourth-order valence-corrected chi connectivity index (χ4v) is 9.99. The average Bonchev–Trinajstić information content (AvgIpc) is 3.40. The molecule has 0 rings (SSSR count). The number of unbranched alkanes of at least 4 members (excludes halogenated alkanes) is 39. The van der Waals surface area contributed by atoms with Gasteiger partial charge in [-0.05, 0) is 70.6 Å². The first-order chi connectivity index (χ1) is 36.7. The molecule has 0 saturated heterocycles. The third kappa shape index (κ3) is 60.4. The Labute approximate surface area is 462 Å². The summed E-state index contributed by atoms with van der Waals surface area (Å²) in [7, 11) is 0. The Morgan fingerprint density at radius 2 is 0.595 bits per heavy atom. The highest BCUT2D eigenvalue weighted by molar-refractivity contribution is 5.76. The molecule has 1 amide bonds. The Hall–Kier alpha value is -2.43. The van der Waals surface area contributed by atoms with E-state index < -0.39 is 12.1 Å². The van der Waals surface area contributed by atoms with E-state index in [0.717, 1.165) is 70.6 Å². The Morgan fingerprint density at radius 3 is 0.892 bits per heavy atom. The molecule has 0 spiro atoms. The highest BCUT2D eigenvalue weighted by Crippen LogP contribution is 2.18. The van der Waals surface area contributed by atoms with E-state index in [-0.39, 0.29) is 12.5 Å². The normalized spacial score (nSPS) is 13.3. The van der Waals surface area contributed by atoms with Crippen LogP contribution in [-0.2, 0) is 4.79 Å². The zero-order valence-corrected chi connectivity index (χ0v) is 49.6. The first-order valence-electron chi connectivity index (χ1n) is 32.8. The van der Waals surface area contributed by atoms with Gasteiger partial charge in [0.1, 0.15) is 0 Å². The fraction of sp³-hybridized carbons (Fsp3) is 0.786. The molecular weight excluding hydrogens is 903 g/mol. The van der Waals surface area contributed by atoms with E-state index in [9.17, 15) is 15.0 Å². The molecule has 0 fully saturated rings. The van der Waals surface area contributed by atoms with Gasteiger partial charge in [0, 0.05) is 6.42 Å². The summed E-state index contributed by atoms with van der Waals surface area (Å²) in [4.78, 5) is 12.5. The molecule has 2 atom stereocenters. The topological polar surface area (TPSA) is 69.6 Å². The first-order valence-corrected chi connectivity index (χ1v) is 32.8. The van der Waals surface area contributed by atoms with E-state index in [4.69, 9.17) is 0 Å². The van der Waals surface area contributed by atoms with Crippen molar-refractivity contribution in [3.63, 3.8) is 0 Å². The smallest absolute Gasteiger partial charge is 0.220 e. The number of aliphatic hydroxyl groups is 2. The third-order valence-electron chi connectivity index (χ3n) is 14.9. The minimum atomic E-state index is -0.663. The maximum absolute atomic E-state index is 12.5. The van der Waals surface area contributed by atoms with Crippen LogP contribution in [0.2, 0.25) is 0 Å². The van der Waals surface area contributed by atoms with Gasteiger partial charge in [0.2, 0.25) is 5.91 Å². The molecule has 4 nitrogen and oxygen atoms in total. The van der Waals surface area contributed by atoms with E-state index in [1.165, 1.54) is 238 Å². The largest absolute Gasteiger partial charge is 0.394 e. The lowest BCUT2D eigenvalue weighted by atomic mass is 10.0. The Bertz CT molecular complexity index is 1310. The number of aliphatic hydroxyl groups excluding tert-OH is 2. The van der Waals surface area contributed by atoms with Crippen molar-refractivity contribution in [2.75, 3.05) is 6.61 Å². The Kier molecular flexibility index (Phi) is 62.7. The number of hydrogen-bond acceptors (Lipinski definition) is 3. The molecule has 4 heteroatoms. The van der Waals surface area contributed by atoms with Crippen molar-refractivity contribution in [2.24, 2.45) is 0 Å². The maximum Gasteiger partial charge on any atom is 0.220 e. The molecular formula is C70H127NO3. The van der Waals surface area contributed by atoms with E-state index in [0.29, 0.717) is 12.8 Å². The van der Waals surface area contributed by atoms with Crippen molar-refractivity contribution in [2.45, 2.75) is 347 Å². The van der Waals surface area contributed by atoms with Gasteiger partial charge in [-0.1, -0.05) is 343 Å². The number of rotatable bonds is 60. The van der Waals surface area contributed by atoms with Crippen molar-refractivity contribution in [3.05, 3.63) is 85.1 Å². The predicted octanol–water partition coefficient (Wildman–Crippen LogP) is 22.3. The van der Waals surface area contributed by atoms with Crippen LogP contribution in [-0.4, -0.2) is 34.9 Å². The van der Waals surface area contributed by atoms with Crippen LogP contribution in [0.3, 0.4) is 0 Å². The Morgan fingerprint density at radius 1 is 0.338 bits per heavy atom. The molecule has 0 aromatic heterocycles. The first kappa shape index (κ1) is 71.6. The zero-order chi connectivity index (χ0) is 53.4. The van der Waals surface area contributed by atoms with Crippen LogP contribution in [0.5, 0.6) is 0 Å². The summed E-state index contributed by atoms with van der Waals surface area (Å²) < 4.78 is 0. The van der Waals surface area contributed by atoms with Crippen molar-refractivity contribution >= 4 is 5.91 Å². The van der Waals surface area contributed by atoms with E-state index in [1.54, 1.807) is 0 Å². The van der Waals surface area contributed by atoms with Crippen LogP contribution in [0, 0.1) is 0 Å². The number of allylic oxidation sites excluding steroid dienone is 14. The molecule has 0 radical (unpaired) electrons. The number of amides is 1. The second kappa shape index (κ2) is 64.9. The minimum absolute atomic E-state index is 0.0280. The van der Waals surface area contributed by atoms with Gasteiger partial charge in [0.25, 0.3) is 0 Å². The molecule has 0 aliphatic rings. The molecule has 2 unspecified atom stereocenters. The SMILES string of the molecule is CC/C=C\C/C=C\C/C=C\C/C=C\C/C=C\C/C=C\C/C=C\CCCCCCCCCCCCCCCCCCCC(=O)NC(CO)C(O)CCCCCCCCCCCCCCCCCCCCCCCCC. The van der Waals surface area contributed by atoms with Crippen molar-refractivity contribution in [1.82, 2.24) is 5.32 Å². The zero-order valence-electron chi connectivity index (χ0n) is 49.6. The molecule has 0 heterocycles. The van der Waals surface area contributed by atoms with Crippen molar-refractivity contribution in [3.8, 4) is 0 Å². The van der Waals surface area contributed by atoms with Gasteiger partial charge < -0.3 is 15.5 Å². The highest BCUT2D eigenvalue weighted by atomic mass is 16.3. The number of nitrogens with one attached hydrogen (secondary N) is 1. The summed E-state index contributed by atoms with van der Waals surface area (Å²) in [5, 5.41) is 23.4. The lowest BCUT2D eigenvalue weighted by Gasteiger charge is -2.22. The lowest BCUT2D eigenvalue weighted by Crippen LogP contribution is -2.45. The van der Waals surface area contributed by atoms with Gasteiger partial charge in [-0.2, -0.15) is 0 Å².